The van der Waals surface area contributed by atoms with Gasteiger partial charge in [0.25, 0.3) is 0 Å². The van der Waals surface area contributed by atoms with Gasteiger partial charge < -0.3 is 10.2 Å². The van der Waals surface area contributed by atoms with Gasteiger partial charge in [-0.3, -0.25) is 14.5 Å². The topological polar surface area (TPSA) is 78.4 Å². The minimum atomic E-state index is -0.832. The van der Waals surface area contributed by atoms with Gasteiger partial charge in [-0.05, 0) is 41.3 Å². The molecule has 4 rings (SSSR count). The Morgan fingerprint density at radius 1 is 1.21 bits per heavy atom. The molecule has 1 aromatic heterocycles. The Morgan fingerprint density at radius 3 is 2.72 bits per heavy atom. The minimum absolute atomic E-state index is 0.0514. The maximum atomic E-state index is 14.0. The summed E-state index contributed by atoms with van der Waals surface area (Å²) < 4.78 is 27.4. The monoisotopic (exact) mass is 485 g/mol. The van der Waals surface area contributed by atoms with E-state index in [-0.39, 0.29) is 27.9 Å². The smallest absolute Gasteiger partial charge is 0.229 e. The zero-order valence-corrected chi connectivity index (χ0v) is 17.7. The van der Waals surface area contributed by atoms with Crippen molar-refractivity contribution in [1.29, 1.82) is 0 Å². The summed E-state index contributed by atoms with van der Waals surface area (Å²) in [6.45, 7) is 1.78. The van der Waals surface area contributed by atoms with E-state index in [9.17, 15) is 18.4 Å². The lowest BCUT2D eigenvalue weighted by molar-refractivity contribution is -0.120. The Kier molecular flexibility index (Phi) is 5.77. The number of aromatic nitrogens is 2. The molecule has 0 bridgehead atoms. The van der Waals surface area contributed by atoms with Crippen molar-refractivity contribution in [3.63, 3.8) is 0 Å². The number of halogens is 3. The van der Waals surface area contributed by atoms with E-state index < -0.39 is 11.6 Å². The third-order valence-corrected chi connectivity index (χ3v) is 6.66. The van der Waals surface area contributed by atoms with Gasteiger partial charge in [0.2, 0.25) is 22.1 Å². The lowest BCUT2D eigenvalue weighted by Gasteiger charge is -2.31. The van der Waals surface area contributed by atoms with Gasteiger partial charge in [0.1, 0.15) is 5.82 Å². The Labute approximate surface area is 178 Å². The van der Waals surface area contributed by atoms with E-state index in [1.807, 2.05) is 4.90 Å². The summed E-state index contributed by atoms with van der Waals surface area (Å²) in [5, 5.41) is 12.1. The molecule has 29 heavy (non-hydrogen) atoms. The second-order valence-corrected chi connectivity index (χ2v) is 8.82. The molecule has 7 nitrogen and oxygen atoms in total. The molecule has 0 aliphatic carbocycles. The highest BCUT2D eigenvalue weighted by Gasteiger charge is 2.30. The van der Waals surface area contributed by atoms with Crippen LogP contribution in [0.3, 0.4) is 0 Å². The molecule has 11 heteroatoms. The third-order valence-electron chi connectivity index (χ3n) is 5.03. The first-order chi connectivity index (χ1) is 13.9. The van der Waals surface area contributed by atoms with E-state index >= 15 is 0 Å². The van der Waals surface area contributed by atoms with Crippen LogP contribution in [-0.2, 0) is 9.59 Å². The van der Waals surface area contributed by atoms with E-state index in [0.717, 1.165) is 31.5 Å². The lowest BCUT2D eigenvalue weighted by atomic mass is 9.97. The number of anilines is 3. The van der Waals surface area contributed by atoms with Gasteiger partial charge in [0.05, 0.1) is 11.6 Å². The Bertz CT molecular complexity index is 933. The lowest BCUT2D eigenvalue weighted by Crippen LogP contribution is -2.40. The van der Waals surface area contributed by atoms with E-state index in [1.54, 1.807) is 4.90 Å². The van der Waals surface area contributed by atoms with Crippen molar-refractivity contribution >= 4 is 55.0 Å². The molecule has 2 saturated heterocycles. The van der Waals surface area contributed by atoms with Crippen LogP contribution in [0, 0.1) is 17.6 Å². The average Bonchev–Trinajstić information content (AvgIpc) is 3.33. The van der Waals surface area contributed by atoms with Crippen LogP contribution < -0.4 is 15.1 Å². The highest BCUT2D eigenvalue weighted by atomic mass is 79.9. The number of nitrogens with one attached hydrogen (secondary N) is 1. The number of piperidine rings is 1. The van der Waals surface area contributed by atoms with Gasteiger partial charge in [-0.15, -0.1) is 10.2 Å². The molecule has 3 heterocycles. The van der Waals surface area contributed by atoms with Crippen LogP contribution in [0.1, 0.15) is 25.7 Å². The van der Waals surface area contributed by atoms with Crippen LogP contribution >= 0.6 is 27.3 Å². The average molecular weight is 486 g/mol. The van der Waals surface area contributed by atoms with Crippen LogP contribution in [0.4, 0.5) is 24.7 Å². The van der Waals surface area contributed by atoms with Crippen molar-refractivity contribution in [3.8, 4) is 0 Å². The standard InChI is InChI=1S/C18H18BrF2N5O2S/c19-12-7-11(20)8-13(21)15(12)22-16(28)10-3-1-5-25(9-10)17-23-24-18(29-17)26-6-2-4-14(26)27/h7-8,10H,1-6,9H2,(H,22,28). The van der Waals surface area contributed by atoms with Gasteiger partial charge >= 0.3 is 0 Å². The van der Waals surface area contributed by atoms with Crippen molar-refractivity contribution in [3.05, 3.63) is 28.2 Å². The fourth-order valence-corrected chi connectivity index (χ4v) is 4.98. The molecule has 2 amide bonds. The molecule has 1 N–H and O–H groups in total. The molecule has 2 aromatic rings. The highest BCUT2D eigenvalue weighted by Crippen LogP contribution is 2.33. The molecule has 0 spiro atoms. The van der Waals surface area contributed by atoms with Crippen LogP contribution in [-0.4, -0.2) is 41.6 Å². The number of hydrogen-bond acceptors (Lipinski definition) is 6. The second kappa shape index (κ2) is 8.31. The molecule has 1 aromatic carbocycles. The first-order valence-electron chi connectivity index (χ1n) is 9.26. The van der Waals surface area contributed by atoms with Crippen molar-refractivity contribution in [2.45, 2.75) is 25.7 Å². The van der Waals surface area contributed by atoms with Gasteiger partial charge in [-0.1, -0.05) is 11.3 Å². The maximum Gasteiger partial charge on any atom is 0.229 e. The predicted octanol–water partition coefficient (Wildman–Crippen LogP) is 3.56. The zero-order chi connectivity index (χ0) is 20.5. The summed E-state index contributed by atoms with van der Waals surface area (Å²) in [5.74, 6) is -2.21. The summed E-state index contributed by atoms with van der Waals surface area (Å²) in [6, 6.07) is 1.84. The Balaban J connectivity index is 1.44. The van der Waals surface area contributed by atoms with E-state index in [4.69, 9.17) is 0 Å². The number of rotatable bonds is 4. The fourth-order valence-electron chi connectivity index (χ4n) is 3.55. The van der Waals surface area contributed by atoms with E-state index in [0.29, 0.717) is 36.2 Å². The van der Waals surface area contributed by atoms with Crippen molar-refractivity contribution in [1.82, 2.24) is 10.2 Å². The normalized spacial score (nSPS) is 19.7. The van der Waals surface area contributed by atoms with Crippen molar-refractivity contribution in [2.24, 2.45) is 5.92 Å². The summed E-state index contributed by atoms with van der Waals surface area (Å²) in [7, 11) is 0. The first-order valence-corrected chi connectivity index (χ1v) is 10.9. The van der Waals surface area contributed by atoms with Gasteiger partial charge in [0, 0.05) is 36.6 Å². The maximum absolute atomic E-state index is 14.0. The number of nitrogens with zero attached hydrogens (tertiary/aromatic N) is 4. The molecule has 0 radical (unpaired) electrons. The summed E-state index contributed by atoms with van der Waals surface area (Å²) in [5.41, 5.74) is -0.0701. The van der Waals surface area contributed by atoms with Crippen LogP contribution in [0.5, 0.6) is 0 Å². The van der Waals surface area contributed by atoms with Gasteiger partial charge in [-0.2, -0.15) is 0 Å². The Hall–Kier alpha value is -2.14. The van der Waals surface area contributed by atoms with Crippen LogP contribution in [0.15, 0.2) is 16.6 Å². The number of hydrogen-bond donors (Lipinski definition) is 1. The van der Waals surface area contributed by atoms with Gasteiger partial charge in [-0.25, -0.2) is 8.78 Å². The van der Waals surface area contributed by atoms with Crippen molar-refractivity contribution < 1.29 is 18.4 Å². The molecule has 2 aliphatic rings. The number of benzene rings is 1. The quantitative estimate of drug-likeness (QED) is 0.716. The zero-order valence-electron chi connectivity index (χ0n) is 15.3. The first kappa shape index (κ1) is 20.1. The van der Waals surface area contributed by atoms with E-state index in [2.05, 4.69) is 31.4 Å². The molecule has 1 unspecified atom stereocenters. The molecule has 0 saturated carbocycles. The van der Waals surface area contributed by atoms with Crippen LogP contribution in [0.2, 0.25) is 0 Å². The number of carbonyl (C=O) groups is 2. The highest BCUT2D eigenvalue weighted by molar-refractivity contribution is 9.10. The molecular formula is C18H18BrF2N5O2S. The van der Waals surface area contributed by atoms with Gasteiger partial charge in [0.15, 0.2) is 5.82 Å². The van der Waals surface area contributed by atoms with Crippen molar-refractivity contribution in [2.75, 3.05) is 34.8 Å². The largest absolute Gasteiger partial charge is 0.346 e. The molecular weight excluding hydrogens is 468 g/mol. The summed E-state index contributed by atoms with van der Waals surface area (Å²) in [4.78, 5) is 28.2. The summed E-state index contributed by atoms with van der Waals surface area (Å²) in [6.07, 6.45) is 2.76. The second-order valence-electron chi connectivity index (χ2n) is 7.03. The van der Waals surface area contributed by atoms with Crippen LogP contribution in [0.25, 0.3) is 0 Å². The predicted molar refractivity (Wildman–Crippen MR) is 109 cm³/mol. The molecule has 1 atom stereocenters. The minimum Gasteiger partial charge on any atom is -0.346 e. The molecule has 154 valence electrons. The van der Waals surface area contributed by atoms with E-state index in [1.165, 1.54) is 11.3 Å². The molecule has 2 fully saturated rings. The summed E-state index contributed by atoms with van der Waals surface area (Å²) >= 11 is 4.42. The number of amides is 2. The Morgan fingerprint density at radius 2 is 2.00 bits per heavy atom. The number of carbonyl (C=O) groups excluding carboxylic acids is 2. The SMILES string of the molecule is O=C(Nc1c(F)cc(F)cc1Br)C1CCCN(c2nnc(N3CCCC3=O)s2)C1. The fraction of sp³-hybridized carbons (Fsp3) is 0.444. The molecule has 2 aliphatic heterocycles. The third kappa shape index (κ3) is 4.25.